The third kappa shape index (κ3) is 2.96. The molecule has 25 heavy (non-hydrogen) atoms. The van der Waals surface area contributed by atoms with E-state index in [9.17, 15) is 0 Å². The van der Waals surface area contributed by atoms with E-state index in [4.69, 9.17) is 4.98 Å². The van der Waals surface area contributed by atoms with Crippen LogP contribution in [0.5, 0.6) is 0 Å². The van der Waals surface area contributed by atoms with Crippen LogP contribution in [0.3, 0.4) is 0 Å². The van der Waals surface area contributed by atoms with Gasteiger partial charge >= 0.3 is 0 Å². The third-order valence-electron chi connectivity index (χ3n) is 4.77. The Morgan fingerprint density at radius 1 is 1.04 bits per heavy atom. The fourth-order valence-electron chi connectivity index (χ4n) is 3.48. The maximum atomic E-state index is 4.93. The van der Waals surface area contributed by atoms with Crippen molar-refractivity contribution in [1.82, 2.24) is 4.98 Å². The average Bonchev–Trinajstić information content (AvgIpc) is 2.61. The molecule has 0 spiro atoms. The highest BCUT2D eigenvalue weighted by Crippen LogP contribution is 2.34. The van der Waals surface area contributed by atoms with Gasteiger partial charge in [-0.3, -0.25) is 0 Å². The highest BCUT2D eigenvalue weighted by atomic mass is 14.9. The molecule has 1 atom stereocenters. The smallest absolute Gasteiger partial charge is 0.0709 e. The van der Waals surface area contributed by atoms with Gasteiger partial charge in [0.2, 0.25) is 0 Å². The zero-order valence-corrected chi connectivity index (χ0v) is 14.7. The highest BCUT2D eigenvalue weighted by molar-refractivity contribution is 5.93. The minimum atomic E-state index is 0.197. The summed E-state index contributed by atoms with van der Waals surface area (Å²) in [5.41, 5.74) is 8.22. The molecule has 3 aromatic rings. The van der Waals surface area contributed by atoms with E-state index in [-0.39, 0.29) is 6.04 Å². The van der Waals surface area contributed by atoms with Crippen molar-refractivity contribution < 1.29 is 0 Å². The van der Waals surface area contributed by atoms with Crippen LogP contribution in [0.25, 0.3) is 22.6 Å². The zero-order valence-electron chi connectivity index (χ0n) is 14.7. The Hall–Kier alpha value is -2.87. The zero-order chi connectivity index (χ0) is 17.4. The lowest BCUT2D eigenvalue weighted by Gasteiger charge is -2.28. The second kappa shape index (κ2) is 6.21. The molecule has 0 radical (unpaired) electrons. The summed E-state index contributed by atoms with van der Waals surface area (Å²) < 4.78 is 0. The van der Waals surface area contributed by atoms with Gasteiger partial charge in [-0.1, -0.05) is 35.4 Å². The van der Waals surface area contributed by atoms with Crippen LogP contribution in [-0.4, -0.2) is 11.0 Å². The first-order valence-corrected chi connectivity index (χ1v) is 8.71. The topological polar surface area (TPSA) is 24.9 Å². The van der Waals surface area contributed by atoms with E-state index < -0.39 is 0 Å². The number of fused-ring (bicyclic) bond motifs is 2. The first-order valence-electron chi connectivity index (χ1n) is 8.71. The number of rotatable bonds is 3. The molecule has 1 aliphatic rings. The standard InChI is InChI=1S/C23H22N2/c1-4-5-22-19(14-18-13-16(3)7-10-21(18)25-22)23-11-8-17-12-15(2)6-9-20(17)24-23/h4,6-14,22,25H,1,5H2,2-3H3/t22-/m0/s1. The molecule has 1 aliphatic heterocycles. The molecule has 0 amide bonds. The van der Waals surface area contributed by atoms with E-state index in [2.05, 4.69) is 80.4 Å². The van der Waals surface area contributed by atoms with Crippen molar-refractivity contribution >= 4 is 28.2 Å². The molecule has 0 fully saturated rings. The molecule has 0 saturated carbocycles. The number of hydrogen-bond donors (Lipinski definition) is 1. The quantitative estimate of drug-likeness (QED) is 0.619. The molecule has 4 rings (SSSR count). The van der Waals surface area contributed by atoms with Crippen LogP contribution in [0.4, 0.5) is 5.69 Å². The lowest BCUT2D eigenvalue weighted by molar-refractivity contribution is 0.904. The Bertz CT molecular complexity index is 998. The van der Waals surface area contributed by atoms with Crippen molar-refractivity contribution in [3.63, 3.8) is 0 Å². The number of benzene rings is 2. The van der Waals surface area contributed by atoms with E-state index in [1.807, 2.05) is 6.08 Å². The molecule has 2 heteroatoms. The lowest BCUT2D eigenvalue weighted by Crippen LogP contribution is -2.24. The predicted octanol–water partition coefficient (Wildman–Crippen LogP) is 5.76. The van der Waals surface area contributed by atoms with Gasteiger partial charge in [-0.15, -0.1) is 6.58 Å². The molecule has 0 bridgehead atoms. The van der Waals surface area contributed by atoms with Gasteiger partial charge in [0.05, 0.1) is 17.3 Å². The number of aryl methyl sites for hydroxylation is 2. The SMILES string of the molecule is C=CC[C@@H]1Nc2ccc(C)cc2C=C1c1ccc2cc(C)ccc2n1. The monoisotopic (exact) mass is 326 g/mol. The molecule has 2 aromatic carbocycles. The van der Waals surface area contributed by atoms with Crippen LogP contribution in [0, 0.1) is 13.8 Å². The second-order valence-corrected chi connectivity index (χ2v) is 6.80. The van der Waals surface area contributed by atoms with Gasteiger partial charge in [0.1, 0.15) is 0 Å². The minimum Gasteiger partial charge on any atom is -0.377 e. The van der Waals surface area contributed by atoms with Crippen LogP contribution in [0.1, 0.15) is 28.8 Å². The normalized spacial score (nSPS) is 16.1. The molecule has 0 saturated heterocycles. The van der Waals surface area contributed by atoms with Gasteiger partial charge in [-0.2, -0.15) is 0 Å². The largest absolute Gasteiger partial charge is 0.377 e. The van der Waals surface area contributed by atoms with E-state index in [0.29, 0.717) is 0 Å². The Morgan fingerprint density at radius 2 is 1.84 bits per heavy atom. The molecule has 1 N–H and O–H groups in total. The molecule has 2 nitrogen and oxygen atoms in total. The third-order valence-corrected chi connectivity index (χ3v) is 4.77. The van der Waals surface area contributed by atoms with E-state index in [1.54, 1.807) is 0 Å². The second-order valence-electron chi connectivity index (χ2n) is 6.80. The minimum absolute atomic E-state index is 0.197. The molecular weight excluding hydrogens is 304 g/mol. The van der Waals surface area contributed by atoms with Crippen molar-refractivity contribution in [2.75, 3.05) is 5.32 Å². The van der Waals surface area contributed by atoms with Crippen LogP contribution >= 0.6 is 0 Å². The van der Waals surface area contributed by atoms with Crippen molar-refractivity contribution in [1.29, 1.82) is 0 Å². The van der Waals surface area contributed by atoms with E-state index in [1.165, 1.54) is 33.3 Å². The molecule has 0 unspecified atom stereocenters. The molecule has 2 heterocycles. The summed E-state index contributed by atoms with van der Waals surface area (Å²) in [5.74, 6) is 0. The summed E-state index contributed by atoms with van der Waals surface area (Å²) in [6, 6.07) is 17.4. The summed E-state index contributed by atoms with van der Waals surface area (Å²) in [6.45, 7) is 8.16. The van der Waals surface area contributed by atoms with E-state index in [0.717, 1.165) is 17.6 Å². The summed E-state index contributed by atoms with van der Waals surface area (Å²) in [4.78, 5) is 4.93. The van der Waals surface area contributed by atoms with Crippen molar-refractivity contribution in [2.45, 2.75) is 26.3 Å². The number of anilines is 1. The van der Waals surface area contributed by atoms with Crippen molar-refractivity contribution in [3.8, 4) is 0 Å². The van der Waals surface area contributed by atoms with Crippen molar-refractivity contribution in [3.05, 3.63) is 83.6 Å². The Balaban J connectivity index is 1.85. The highest BCUT2D eigenvalue weighted by Gasteiger charge is 2.22. The summed E-state index contributed by atoms with van der Waals surface area (Å²) >= 11 is 0. The maximum absolute atomic E-state index is 4.93. The van der Waals surface area contributed by atoms with Gasteiger partial charge in [0.15, 0.2) is 0 Å². The van der Waals surface area contributed by atoms with Gasteiger partial charge in [-0.25, -0.2) is 4.98 Å². The van der Waals surface area contributed by atoms with Crippen LogP contribution in [-0.2, 0) is 0 Å². The molecule has 0 aliphatic carbocycles. The van der Waals surface area contributed by atoms with Crippen LogP contribution in [0.15, 0.2) is 61.2 Å². The molecule has 1 aromatic heterocycles. The number of aromatic nitrogens is 1. The fourth-order valence-corrected chi connectivity index (χ4v) is 3.48. The number of hydrogen-bond acceptors (Lipinski definition) is 2. The first kappa shape index (κ1) is 15.6. The number of pyridine rings is 1. The van der Waals surface area contributed by atoms with Crippen molar-refractivity contribution in [2.24, 2.45) is 0 Å². The summed E-state index contributed by atoms with van der Waals surface area (Å²) in [5, 5.41) is 4.84. The fraction of sp³-hybridized carbons (Fsp3) is 0.174. The van der Waals surface area contributed by atoms with E-state index >= 15 is 0 Å². The van der Waals surface area contributed by atoms with Gasteiger partial charge in [0.25, 0.3) is 0 Å². The Morgan fingerprint density at radius 3 is 2.68 bits per heavy atom. The van der Waals surface area contributed by atoms with Crippen LogP contribution in [0.2, 0.25) is 0 Å². The van der Waals surface area contributed by atoms with Gasteiger partial charge < -0.3 is 5.32 Å². The molecular formula is C23H22N2. The molecule has 124 valence electrons. The van der Waals surface area contributed by atoms with Crippen LogP contribution < -0.4 is 5.32 Å². The Labute approximate surface area is 148 Å². The van der Waals surface area contributed by atoms with Gasteiger partial charge in [-0.05, 0) is 62.2 Å². The van der Waals surface area contributed by atoms with Gasteiger partial charge in [0, 0.05) is 16.6 Å². The maximum Gasteiger partial charge on any atom is 0.0709 e. The first-order chi connectivity index (χ1) is 12.1. The number of nitrogens with one attached hydrogen (secondary N) is 1. The predicted molar refractivity (Wildman–Crippen MR) is 108 cm³/mol. The summed E-state index contributed by atoms with van der Waals surface area (Å²) in [7, 11) is 0. The summed E-state index contributed by atoms with van der Waals surface area (Å²) in [6.07, 6.45) is 5.11. The number of nitrogens with zero attached hydrogens (tertiary/aromatic N) is 1. The average molecular weight is 326 g/mol. The lowest BCUT2D eigenvalue weighted by atomic mass is 9.92. The Kier molecular flexibility index (Phi) is 3.89.